The van der Waals surface area contributed by atoms with E-state index in [0.717, 1.165) is 4.68 Å². The number of hydrogen-bond donors (Lipinski definition) is 4. The Hall–Kier alpha value is -2.09. The summed E-state index contributed by atoms with van der Waals surface area (Å²) in [5.41, 5.74) is 8.12. The summed E-state index contributed by atoms with van der Waals surface area (Å²) in [5, 5.41) is 15.1. The molecule has 80 valence electrons. The van der Waals surface area contributed by atoms with Gasteiger partial charge in [-0.05, 0) is 0 Å². The van der Waals surface area contributed by atoms with E-state index in [2.05, 4.69) is 20.6 Å². The summed E-state index contributed by atoms with van der Waals surface area (Å²) in [6.07, 6.45) is 1.29. The van der Waals surface area contributed by atoms with Crippen molar-refractivity contribution in [2.45, 2.75) is 0 Å². The van der Waals surface area contributed by atoms with Crippen LogP contribution < -0.4 is 16.7 Å². The highest BCUT2D eigenvalue weighted by Crippen LogP contribution is 2.08. The molecule has 0 aliphatic heterocycles. The van der Waals surface area contributed by atoms with Crippen molar-refractivity contribution in [3.63, 3.8) is 0 Å². The van der Waals surface area contributed by atoms with E-state index in [-0.39, 0.29) is 35.6 Å². The van der Waals surface area contributed by atoms with Crippen LogP contribution in [0.3, 0.4) is 0 Å². The third kappa shape index (κ3) is 1.50. The van der Waals surface area contributed by atoms with Crippen LogP contribution in [-0.4, -0.2) is 38.1 Å². The maximum atomic E-state index is 11.8. The van der Waals surface area contributed by atoms with Gasteiger partial charge in [0.2, 0.25) is 0 Å². The lowest BCUT2D eigenvalue weighted by molar-refractivity contribution is 0.306. The Morgan fingerprint density at radius 2 is 2.47 bits per heavy atom. The number of nitrogens with zero attached hydrogens (tertiary/aromatic N) is 3. The smallest absolute Gasteiger partial charge is 0.285 e. The highest BCUT2D eigenvalue weighted by atomic mass is 16.3. The quantitative estimate of drug-likeness (QED) is 0.476. The number of nitrogen functional groups attached to an aromatic ring is 1. The zero-order chi connectivity index (χ0) is 10.8. The van der Waals surface area contributed by atoms with Crippen molar-refractivity contribution in [2.75, 3.05) is 24.3 Å². The number of H-pyrrole nitrogens is 1. The minimum absolute atomic E-state index is 0.0780. The summed E-state index contributed by atoms with van der Waals surface area (Å²) in [7, 11) is 0. The number of aliphatic hydroxyl groups is 1. The summed E-state index contributed by atoms with van der Waals surface area (Å²) in [5.74, 6) is 0.183. The molecule has 0 unspecified atom stereocenters. The van der Waals surface area contributed by atoms with E-state index in [1.54, 1.807) is 0 Å². The Morgan fingerprint density at radius 3 is 3.20 bits per heavy atom. The lowest BCUT2D eigenvalue weighted by atomic mass is 10.4. The number of fused-ring (bicyclic) bond motifs is 1. The van der Waals surface area contributed by atoms with Crippen LogP contribution in [0.4, 0.5) is 5.82 Å². The second-order valence-electron chi connectivity index (χ2n) is 2.89. The Balaban J connectivity index is 2.54. The van der Waals surface area contributed by atoms with E-state index in [4.69, 9.17) is 10.8 Å². The van der Waals surface area contributed by atoms with Gasteiger partial charge in [-0.2, -0.15) is 5.10 Å². The summed E-state index contributed by atoms with van der Waals surface area (Å²) in [6, 6.07) is 0. The molecule has 2 rings (SSSR count). The first-order chi connectivity index (χ1) is 7.24. The molecule has 15 heavy (non-hydrogen) atoms. The highest BCUT2D eigenvalue weighted by molar-refractivity contribution is 5.84. The number of nitrogens with two attached hydrogens (primary N) is 1. The maximum Gasteiger partial charge on any atom is 0.285 e. The Kier molecular flexibility index (Phi) is 2.26. The van der Waals surface area contributed by atoms with Crippen LogP contribution in [-0.2, 0) is 0 Å². The zero-order valence-electron chi connectivity index (χ0n) is 7.77. The largest absolute Gasteiger partial charge is 0.394 e. The third-order valence-electron chi connectivity index (χ3n) is 1.90. The van der Waals surface area contributed by atoms with Gasteiger partial charge in [-0.1, -0.05) is 0 Å². The molecule has 8 heteroatoms. The van der Waals surface area contributed by atoms with Gasteiger partial charge in [0.25, 0.3) is 5.56 Å². The van der Waals surface area contributed by atoms with Crippen LogP contribution >= 0.6 is 0 Å². The highest BCUT2D eigenvalue weighted by Gasteiger charge is 2.09. The van der Waals surface area contributed by atoms with E-state index in [1.807, 2.05) is 0 Å². The van der Waals surface area contributed by atoms with Crippen LogP contribution in [0.1, 0.15) is 0 Å². The molecule has 0 aliphatic rings. The van der Waals surface area contributed by atoms with Gasteiger partial charge in [0.15, 0.2) is 5.65 Å². The van der Waals surface area contributed by atoms with Crippen LogP contribution in [0.2, 0.25) is 0 Å². The van der Waals surface area contributed by atoms with Crippen molar-refractivity contribution < 1.29 is 5.11 Å². The van der Waals surface area contributed by atoms with Crippen LogP contribution in [0.5, 0.6) is 0 Å². The number of aliphatic hydroxyl groups excluding tert-OH is 1. The molecule has 0 aliphatic carbocycles. The first-order valence-corrected chi connectivity index (χ1v) is 4.30. The molecule has 0 spiro atoms. The SMILES string of the molecule is Nc1[nH]nc2ncn(NCCO)c(=O)c12. The second kappa shape index (κ2) is 3.58. The molecule has 0 saturated heterocycles. The molecule has 0 amide bonds. The second-order valence-corrected chi connectivity index (χ2v) is 2.89. The number of aromatic nitrogens is 4. The minimum Gasteiger partial charge on any atom is -0.394 e. The molecule has 2 aromatic heterocycles. The zero-order valence-corrected chi connectivity index (χ0v) is 7.77. The first kappa shape index (κ1) is 9.46. The molecule has 0 bridgehead atoms. The molecule has 5 N–H and O–H groups in total. The van der Waals surface area contributed by atoms with E-state index >= 15 is 0 Å². The van der Waals surface area contributed by atoms with E-state index in [0.29, 0.717) is 0 Å². The number of aromatic amines is 1. The molecule has 0 radical (unpaired) electrons. The molecule has 0 atom stereocenters. The van der Waals surface area contributed by atoms with Crippen molar-refractivity contribution in [1.82, 2.24) is 19.9 Å². The van der Waals surface area contributed by atoms with Gasteiger partial charge >= 0.3 is 0 Å². The molecule has 0 fully saturated rings. The van der Waals surface area contributed by atoms with Crippen LogP contribution in [0.25, 0.3) is 11.0 Å². The number of hydrogen-bond acceptors (Lipinski definition) is 6. The lowest BCUT2D eigenvalue weighted by Crippen LogP contribution is -2.30. The Labute approximate surface area is 83.7 Å². The summed E-state index contributed by atoms with van der Waals surface area (Å²) in [4.78, 5) is 15.7. The average molecular weight is 210 g/mol. The predicted molar refractivity (Wildman–Crippen MR) is 53.9 cm³/mol. The van der Waals surface area contributed by atoms with E-state index in [1.165, 1.54) is 6.33 Å². The van der Waals surface area contributed by atoms with Gasteiger partial charge in [0.1, 0.15) is 17.5 Å². The maximum absolute atomic E-state index is 11.8. The van der Waals surface area contributed by atoms with Gasteiger partial charge in [0, 0.05) is 0 Å². The summed E-state index contributed by atoms with van der Waals surface area (Å²) < 4.78 is 1.16. The van der Waals surface area contributed by atoms with Gasteiger partial charge in [-0.15, -0.1) is 0 Å². The molecule has 8 nitrogen and oxygen atoms in total. The van der Waals surface area contributed by atoms with Crippen molar-refractivity contribution in [2.24, 2.45) is 0 Å². The van der Waals surface area contributed by atoms with Gasteiger partial charge in [-0.3, -0.25) is 9.89 Å². The molecule has 0 saturated carbocycles. The number of anilines is 1. The fraction of sp³-hybridized carbons (Fsp3) is 0.286. The van der Waals surface area contributed by atoms with Crippen molar-refractivity contribution >= 4 is 16.9 Å². The van der Waals surface area contributed by atoms with Gasteiger partial charge < -0.3 is 16.3 Å². The van der Waals surface area contributed by atoms with Crippen molar-refractivity contribution in [3.05, 3.63) is 16.7 Å². The molecule has 2 heterocycles. The van der Waals surface area contributed by atoms with Crippen molar-refractivity contribution in [1.29, 1.82) is 0 Å². The average Bonchev–Trinajstić information content (AvgIpc) is 2.60. The molecular formula is C7H10N6O2. The number of rotatable bonds is 3. The Bertz CT molecular complexity index is 530. The normalized spacial score (nSPS) is 10.7. The lowest BCUT2D eigenvalue weighted by Gasteiger charge is -2.05. The van der Waals surface area contributed by atoms with E-state index in [9.17, 15) is 4.79 Å². The predicted octanol–water partition coefficient (Wildman–Crippen LogP) is -1.76. The monoisotopic (exact) mass is 210 g/mol. The van der Waals surface area contributed by atoms with Gasteiger partial charge in [0.05, 0.1) is 13.2 Å². The standard InChI is InChI=1S/C7H10N6O2/c8-5-4-6(12-11-5)9-3-13(7(4)15)10-1-2-14/h3,10,14H,1-2H2,(H3,8,11,12). The van der Waals surface area contributed by atoms with Crippen LogP contribution in [0, 0.1) is 0 Å². The van der Waals surface area contributed by atoms with Crippen molar-refractivity contribution in [3.8, 4) is 0 Å². The van der Waals surface area contributed by atoms with E-state index < -0.39 is 0 Å². The number of nitrogens with one attached hydrogen (secondary N) is 2. The first-order valence-electron chi connectivity index (χ1n) is 4.30. The Morgan fingerprint density at radius 1 is 1.67 bits per heavy atom. The fourth-order valence-corrected chi connectivity index (χ4v) is 1.22. The molecule has 0 aromatic carbocycles. The molecule has 2 aromatic rings. The topological polar surface area (TPSA) is 122 Å². The summed E-state index contributed by atoms with van der Waals surface area (Å²) >= 11 is 0. The molecular weight excluding hydrogens is 200 g/mol. The van der Waals surface area contributed by atoms with Gasteiger partial charge in [-0.25, -0.2) is 9.66 Å². The fourth-order valence-electron chi connectivity index (χ4n) is 1.22. The summed E-state index contributed by atoms with van der Waals surface area (Å²) in [6.45, 7) is 0.177. The third-order valence-corrected chi connectivity index (χ3v) is 1.90. The van der Waals surface area contributed by atoms with Crippen LogP contribution in [0.15, 0.2) is 11.1 Å². The minimum atomic E-state index is -0.347.